The fourth-order valence-corrected chi connectivity index (χ4v) is 8.93. The minimum absolute atomic E-state index is 0.634. The van der Waals surface area contributed by atoms with E-state index in [9.17, 15) is 0 Å². The molecule has 57 heavy (non-hydrogen) atoms. The molecule has 0 atom stereocenters. The van der Waals surface area contributed by atoms with Crippen LogP contribution in [0, 0.1) is 0 Å². The van der Waals surface area contributed by atoms with Crippen molar-refractivity contribution < 1.29 is 0 Å². The van der Waals surface area contributed by atoms with Crippen LogP contribution in [0.15, 0.2) is 194 Å². The first-order valence-corrected chi connectivity index (χ1v) is 19.4. The smallest absolute Gasteiger partial charge is 0.164 e. The van der Waals surface area contributed by atoms with E-state index in [-0.39, 0.29) is 0 Å². The fourth-order valence-electron chi connectivity index (χ4n) is 8.93. The Bertz CT molecular complexity index is 3380. The molecule has 4 heteroatoms. The Hall–Kier alpha value is -7.69. The van der Waals surface area contributed by atoms with E-state index in [0.717, 1.165) is 44.5 Å². The SMILES string of the molecule is c1ccc(-c2ccc(-c3nc(-c4ccccc4)nc(-c4cc(-n5c6ccccc6c6cc7ccccc7cc65)cc5c4-c4cccc6cccc-5c46)n3)cc2)cc1. The Kier molecular flexibility index (Phi) is 6.89. The number of aromatic nitrogens is 4. The lowest BCUT2D eigenvalue weighted by Gasteiger charge is -2.16. The predicted molar refractivity (Wildman–Crippen MR) is 235 cm³/mol. The molecule has 0 bridgehead atoms. The van der Waals surface area contributed by atoms with Crippen molar-refractivity contribution in [1.29, 1.82) is 0 Å². The number of para-hydroxylation sites is 1. The van der Waals surface area contributed by atoms with E-state index in [1.165, 1.54) is 54.6 Å². The zero-order valence-electron chi connectivity index (χ0n) is 30.8. The molecule has 0 spiro atoms. The Morgan fingerprint density at radius 3 is 1.61 bits per heavy atom. The Balaban J connectivity index is 1.15. The number of benzene rings is 9. The van der Waals surface area contributed by atoms with Gasteiger partial charge in [-0.25, -0.2) is 15.0 Å². The molecule has 2 heterocycles. The molecular formula is C53H32N4. The van der Waals surface area contributed by atoms with Gasteiger partial charge in [0.25, 0.3) is 0 Å². The lowest BCUT2D eigenvalue weighted by atomic mass is 9.96. The molecule has 1 aliphatic rings. The minimum Gasteiger partial charge on any atom is -0.309 e. The Labute approximate surface area is 329 Å². The predicted octanol–water partition coefficient (Wildman–Crippen LogP) is 13.6. The van der Waals surface area contributed by atoms with Gasteiger partial charge in [0.1, 0.15) is 0 Å². The minimum atomic E-state index is 0.634. The second-order valence-electron chi connectivity index (χ2n) is 14.8. The summed E-state index contributed by atoms with van der Waals surface area (Å²) in [6.07, 6.45) is 0. The normalized spacial score (nSPS) is 11.9. The van der Waals surface area contributed by atoms with Gasteiger partial charge in [-0.1, -0.05) is 164 Å². The quantitative estimate of drug-likeness (QED) is 0.177. The largest absolute Gasteiger partial charge is 0.309 e. The van der Waals surface area contributed by atoms with Gasteiger partial charge in [-0.2, -0.15) is 0 Å². The highest BCUT2D eigenvalue weighted by molar-refractivity contribution is 6.19. The second-order valence-corrected chi connectivity index (χ2v) is 14.8. The third-order valence-corrected chi connectivity index (χ3v) is 11.5. The van der Waals surface area contributed by atoms with Crippen LogP contribution >= 0.6 is 0 Å². The van der Waals surface area contributed by atoms with Crippen molar-refractivity contribution in [3.05, 3.63) is 194 Å². The monoisotopic (exact) mass is 724 g/mol. The van der Waals surface area contributed by atoms with E-state index < -0.39 is 0 Å². The molecule has 0 saturated heterocycles. The van der Waals surface area contributed by atoms with Gasteiger partial charge in [-0.3, -0.25) is 0 Å². The van der Waals surface area contributed by atoms with Crippen LogP contribution in [0.1, 0.15) is 0 Å². The standard InChI is InChI=1S/C53H32N4/c1-3-13-33(14-4-1)34-25-27-37(28-26-34)52-54-51(36-15-5-2-6-16-36)55-53(56-52)46-32-40(31-45-42-22-11-19-35-20-12-23-43(49(35)42)50(45)46)57-47-24-10-9-21-41(47)44-29-38-17-7-8-18-39(38)30-48(44)57/h1-32H. The Morgan fingerprint density at radius 1 is 0.316 bits per heavy atom. The summed E-state index contributed by atoms with van der Waals surface area (Å²) >= 11 is 0. The summed E-state index contributed by atoms with van der Waals surface area (Å²) in [5.41, 5.74) is 13.3. The molecule has 2 aromatic heterocycles. The van der Waals surface area contributed by atoms with Crippen LogP contribution in [0.25, 0.3) is 117 Å². The molecule has 1 aliphatic carbocycles. The first-order valence-electron chi connectivity index (χ1n) is 19.4. The van der Waals surface area contributed by atoms with Crippen LogP contribution in [0.2, 0.25) is 0 Å². The van der Waals surface area contributed by atoms with Crippen LogP contribution in [0.3, 0.4) is 0 Å². The average Bonchev–Trinajstić information content (AvgIpc) is 3.79. The molecule has 0 amide bonds. The van der Waals surface area contributed by atoms with Crippen molar-refractivity contribution in [3.8, 4) is 73.2 Å². The van der Waals surface area contributed by atoms with E-state index >= 15 is 0 Å². The molecule has 0 unspecified atom stereocenters. The summed E-state index contributed by atoms with van der Waals surface area (Å²) in [5.74, 6) is 1.91. The van der Waals surface area contributed by atoms with Gasteiger partial charge in [0, 0.05) is 38.7 Å². The average molecular weight is 725 g/mol. The number of hydrogen-bond acceptors (Lipinski definition) is 3. The molecule has 0 radical (unpaired) electrons. The molecule has 0 aliphatic heterocycles. The third-order valence-electron chi connectivity index (χ3n) is 11.5. The van der Waals surface area contributed by atoms with Crippen molar-refractivity contribution in [3.63, 3.8) is 0 Å². The highest BCUT2D eigenvalue weighted by Gasteiger charge is 2.28. The van der Waals surface area contributed by atoms with E-state index in [2.05, 4.69) is 174 Å². The van der Waals surface area contributed by atoms with Crippen LogP contribution in [0.5, 0.6) is 0 Å². The van der Waals surface area contributed by atoms with Gasteiger partial charge in [-0.15, -0.1) is 0 Å². The zero-order valence-corrected chi connectivity index (χ0v) is 30.8. The zero-order chi connectivity index (χ0) is 37.5. The topological polar surface area (TPSA) is 43.6 Å². The van der Waals surface area contributed by atoms with E-state index in [4.69, 9.17) is 15.0 Å². The summed E-state index contributed by atoms with van der Waals surface area (Å²) in [6.45, 7) is 0. The molecule has 9 aromatic carbocycles. The molecule has 264 valence electrons. The molecule has 4 nitrogen and oxygen atoms in total. The molecule has 12 rings (SSSR count). The first-order chi connectivity index (χ1) is 28.2. The molecular weight excluding hydrogens is 693 g/mol. The van der Waals surface area contributed by atoms with Gasteiger partial charge in [-0.05, 0) is 79.7 Å². The van der Waals surface area contributed by atoms with Crippen LogP contribution < -0.4 is 0 Å². The lowest BCUT2D eigenvalue weighted by molar-refractivity contribution is 1.07. The van der Waals surface area contributed by atoms with Gasteiger partial charge >= 0.3 is 0 Å². The molecule has 0 fully saturated rings. The molecule has 0 N–H and O–H groups in total. The van der Waals surface area contributed by atoms with Gasteiger partial charge < -0.3 is 4.57 Å². The van der Waals surface area contributed by atoms with E-state index in [0.29, 0.717) is 17.5 Å². The van der Waals surface area contributed by atoms with Crippen molar-refractivity contribution >= 4 is 43.4 Å². The van der Waals surface area contributed by atoms with Crippen molar-refractivity contribution in [2.75, 3.05) is 0 Å². The van der Waals surface area contributed by atoms with Gasteiger partial charge in [0.2, 0.25) is 0 Å². The van der Waals surface area contributed by atoms with Crippen molar-refractivity contribution in [2.24, 2.45) is 0 Å². The van der Waals surface area contributed by atoms with Crippen molar-refractivity contribution in [2.45, 2.75) is 0 Å². The van der Waals surface area contributed by atoms with Crippen LogP contribution in [0.4, 0.5) is 0 Å². The molecule has 0 saturated carbocycles. The maximum atomic E-state index is 5.36. The van der Waals surface area contributed by atoms with E-state index in [1.807, 2.05) is 24.3 Å². The highest BCUT2D eigenvalue weighted by atomic mass is 15.0. The van der Waals surface area contributed by atoms with Gasteiger partial charge in [0.05, 0.1) is 11.0 Å². The van der Waals surface area contributed by atoms with Crippen LogP contribution in [-0.4, -0.2) is 19.5 Å². The third kappa shape index (κ3) is 4.98. The maximum absolute atomic E-state index is 5.36. The fraction of sp³-hybridized carbons (Fsp3) is 0. The summed E-state index contributed by atoms with van der Waals surface area (Å²) in [4.78, 5) is 15.8. The summed E-state index contributed by atoms with van der Waals surface area (Å²) in [5, 5.41) is 7.36. The maximum Gasteiger partial charge on any atom is 0.164 e. The number of fused-ring (bicyclic) bond motifs is 7. The number of nitrogens with zero attached hydrogens (tertiary/aromatic N) is 4. The number of hydrogen-bond donors (Lipinski definition) is 0. The molecule has 11 aromatic rings. The summed E-state index contributed by atoms with van der Waals surface area (Å²) < 4.78 is 2.42. The summed E-state index contributed by atoms with van der Waals surface area (Å²) in [7, 11) is 0. The summed E-state index contributed by atoms with van der Waals surface area (Å²) in [6, 6.07) is 69.2. The number of rotatable bonds is 5. The van der Waals surface area contributed by atoms with Crippen LogP contribution in [-0.2, 0) is 0 Å². The second kappa shape index (κ2) is 12.4. The first kappa shape index (κ1) is 31.6. The Morgan fingerprint density at radius 2 is 0.860 bits per heavy atom. The highest BCUT2D eigenvalue weighted by Crippen LogP contribution is 2.52. The van der Waals surface area contributed by atoms with Crippen molar-refractivity contribution in [1.82, 2.24) is 19.5 Å². The van der Waals surface area contributed by atoms with E-state index in [1.54, 1.807) is 0 Å². The van der Waals surface area contributed by atoms with Gasteiger partial charge in [0.15, 0.2) is 17.5 Å². The lowest BCUT2D eigenvalue weighted by Crippen LogP contribution is -2.03.